The van der Waals surface area contributed by atoms with Crippen molar-refractivity contribution >= 4 is 5.69 Å². The molecule has 0 heterocycles. The molecule has 19 heavy (non-hydrogen) atoms. The molecule has 0 saturated heterocycles. The molecule has 100 valence electrons. The second-order valence-corrected chi connectivity index (χ2v) is 4.66. The first-order chi connectivity index (χ1) is 9.02. The van der Waals surface area contributed by atoms with E-state index in [9.17, 15) is 0 Å². The molecule has 0 amide bonds. The summed E-state index contributed by atoms with van der Waals surface area (Å²) >= 11 is 0. The zero-order chi connectivity index (χ0) is 14.0. The van der Waals surface area contributed by atoms with Crippen LogP contribution in [-0.2, 0) is 0 Å². The molecular weight excluding hydrogens is 238 g/mol. The van der Waals surface area contributed by atoms with Gasteiger partial charge in [-0.2, -0.15) is 0 Å². The van der Waals surface area contributed by atoms with Gasteiger partial charge in [0.15, 0.2) is 0 Å². The summed E-state index contributed by atoms with van der Waals surface area (Å²) in [5.74, 6) is 2.25. The topological polar surface area (TPSA) is 44.5 Å². The van der Waals surface area contributed by atoms with Crippen LogP contribution in [0.25, 0.3) is 0 Å². The van der Waals surface area contributed by atoms with E-state index in [-0.39, 0.29) is 0 Å². The van der Waals surface area contributed by atoms with Crippen molar-refractivity contribution in [1.29, 1.82) is 0 Å². The molecule has 3 nitrogen and oxygen atoms in total. The minimum Gasteiger partial charge on any atom is -0.494 e. The number of nitrogen functional groups attached to an aromatic ring is 1. The quantitative estimate of drug-likeness (QED) is 0.845. The molecule has 2 N–H and O–H groups in total. The normalized spacial score (nSPS) is 10.3. The Morgan fingerprint density at radius 3 is 2.32 bits per heavy atom. The predicted octanol–water partition coefficient (Wildman–Crippen LogP) is 3.99. The molecule has 3 heteroatoms. The maximum Gasteiger partial charge on any atom is 0.145 e. The van der Waals surface area contributed by atoms with Crippen LogP contribution in [0.2, 0.25) is 0 Å². The molecule has 0 spiro atoms. The van der Waals surface area contributed by atoms with Crippen LogP contribution in [0.1, 0.15) is 16.7 Å². The molecule has 0 aliphatic heterocycles. The fourth-order valence-electron chi connectivity index (χ4n) is 1.96. The van der Waals surface area contributed by atoms with Gasteiger partial charge >= 0.3 is 0 Å². The Morgan fingerprint density at radius 1 is 0.947 bits per heavy atom. The highest BCUT2D eigenvalue weighted by atomic mass is 16.5. The number of anilines is 1. The van der Waals surface area contributed by atoms with E-state index in [1.807, 2.05) is 13.0 Å². The molecule has 2 rings (SSSR count). The number of aryl methyl sites for hydroxylation is 2. The van der Waals surface area contributed by atoms with Gasteiger partial charge in [0.1, 0.15) is 17.2 Å². The lowest BCUT2D eigenvalue weighted by atomic mass is 10.1. The van der Waals surface area contributed by atoms with Gasteiger partial charge in [-0.15, -0.1) is 0 Å². The first-order valence-electron chi connectivity index (χ1n) is 6.21. The molecule has 0 unspecified atom stereocenters. The Hall–Kier alpha value is -2.16. The molecule has 0 aromatic heterocycles. The third-order valence-corrected chi connectivity index (χ3v) is 3.30. The Kier molecular flexibility index (Phi) is 3.65. The Morgan fingerprint density at radius 2 is 1.63 bits per heavy atom. The number of hydrogen-bond acceptors (Lipinski definition) is 3. The standard InChI is InChI=1S/C16H19NO2/c1-10-5-6-11(2)16(12(10)3)19-13-7-8-14(17)15(9-13)18-4/h5-9H,17H2,1-4H3. The van der Waals surface area contributed by atoms with Crippen molar-refractivity contribution in [3.63, 3.8) is 0 Å². The van der Waals surface area contributed by atoms with Crippen LogP contribution in [0, 0.1) is 20.8 Å². The Labute approximate surface area is 114 Å². The Bertz CT molecular complexity index is 606. The number of nitrogens with two attached hydrogens (primary N) is 1. The number of rotatable bonds is 3. The maximum atomic E-state index is 5.98. The molecule has 0 fully saturated rings. The summed E-state index contributed by atoms with van der Waals surface area (Å²) < 4.78 is 11.2. The highest BCUT2D eigenvalue weighted by Gasteiger charge is 2.09. The molecule has 0 atom stereocenters. The second-order valence-electron chi connectivity index (χ2n) is 4.66. The zero-order valence-electron chi connectivity index (χ0n) is 11.8. The van der Waals surface area contributed by atoms with E-state index in [0.717, 1.165) is 22.6 Å². The number of benzene rings is 2. The SMILES string of the molecule is COc1cc(Oc2c(C)ccc(C)c2C)ccc1N. The van der Waals surface area contributed by atoms with Crippen molar-refractivity contribution in [3.05, 3.63) is 47.0 Å². The minimum absolute atomic E-state index is 0.604. The van der Waals surface area contributed by atoms with Gasteiger partial charge in [0, 0.05) is 6.07 Å². The Balaban J connectivity index is 2.39. The second kappa shape index (κ2) is 5.22. The third-order valence-electron chi connectivity index (χ3n) is 3.30. The summed E-state index contributed by atoms with van der Waals surface area (Å²) in [6, 6.07) is 9.59. The first-order valence-corrected chi connectivity index (χ1v) is 6.21. The summed E-state index contributed by atoms with van der Waals surface area (Å²) in [6.45, 7) is 6.17. The van der Waals surface area contributed by atoms with E-state index >= 15 is 0 Å². The van der Waals surface area contributed by atoms with Crippen LogP contribution in [0.5, 0.6) is 17.2 Å². The number of ether oxygens (including phenoxy) is 2. The van der Waals surface area contributed by atoms with Crippen molar-refractivity contribution in [1.82, 2.24) is 0 Å². The van der Waals surface area contributed by atoms with Gasteiger partial charge in [-0.25, -0.2) is 0 Å². The highest BCUT2D eigenvalue weighted by molar-refractivity contribution is 5.56. The average Bonchev–Trinajstić information content (AvgIpc) is 2.41. The summed E-state index contributed by atoms with van der Waals surface area (Å²) in [4.78, 5) is 0. The van der Waals surface area contributed by atoms with Gasteiger partial charge in [0.25, 0.3) is 0 Å². The molecule has 0 radical (unpaired) electrons. The van der Waals surface area contributed by atoms with Crippen LogP contribution < -0.4 is 15.2 Å². The van der Waals surface area contributed by atoms with Crippen LogP contribution in [0.15, 0.2) is 30.3 Å². The number of methoxy groups -OCH3 is 1. The van der Waals surface area contributed by atoms with Gasteiger partial charge in [0.2, 0.25) is 0 Å². The van der Waals surface area contributed by atoms with E-state index in [4.69, 9.17) is 15.2 Å². The van der Waals surface area contributed by atoms with E-state index in [2.05, 4.69) is 26.0 Å². The maximum absolute atomic E-state index is 5.98. The fraction of sp³-hybridized carbons (Fsp3) is 0.250. The van der Waals surface area contributed by atoms with Gasteiger partial charge in [-0.05, 0) is 49.6 Å². The molecule has 0 bridgehead atoms. The average molecular weight is 257 g/mol. The number of hydrogen-bond donors (Lipinski definition) is 1. The van der Waals surface area contributed by atoms with Crippen molar-refractivity contribution in [2.75, 3.05) is 12.8 Å². The first kappa shape index (κ1) is 13.3. The van der Waals surface area contributed by atoms with Crippen molar-refractivity contribution in [2.24, 2.45) is 0 Å². The van der Waals surface area contributed by atoms with Crippen molar-refractivity contribution in [3.8, 4) is 17.2 Å². The summed E-state index contributed by atoms with van der Waals surface area (Å²) in [6.07, 6.45) is 0. The molecule has 2 aromatic carbocycles. The summed E-state index contributed by atoms with van der Waals surface area (Å²) in [5.41, 5.74) is 9.87. The van der Waals surface area contributed by atoms with Crippen LogP contribution in [0.3, 0.4) is 0 Å². The smallest absolute Gasteiger partial charge is 0.145 e. The molecule has 0 aliphatic carbocycles. The van der Waals surface area contributed by atoms with Gasteiger partial charge < -0.3 is 15.2 Å². The van der Waals surface area contributed by atoms with E-state index < -0.39 is 0 Å². The minimum atomic E-state index is 0.604. The molecular formula is C16H19NO2. The lowest BCUT2D eigenvalue weighted by Gasteiger charge is -2.14. The van der Waals surface area contributed by atoms with Crippen molar-refractivity contribution < 1.29 is 9.47 Å². The predicted molar refractivity (Wildman–Crippen MR) is 78.1 cm³/mol. The van der Waals surface area contributed by atoms with E-state index in [1.54, 1.807) is 19.2 Å². The molecule has 0 aliphatic rings. The third kappa shape index (κ3) is 2.65. The van der Waals surface area contributed by atoms with Crippen LogP contribution >= 0.6 is 0 Å². The lowest BCUT2D eigenvalue weighted by Crippen LogP contribution is -1.96. The van der Waals surface area contributed by atoms with E-state index in [0.29, 0.717) is 11.4 Å². The lowest BCUT2D eigenvalue weighted by molar-refractivity contribution is 0.410. The summed E-state index contributed by atoms with van der Waals surface area (Å²) in [5, 5.41) is 0. The van der Waals surface area contributed by atoms with Gasteiger partial charge in [0.05, 0.1) is 12.8 Å². The molecule has 2 aromatic rings. The van der Waals surface area contributed by atoms with Gasteiger partial charge in [-0.1, -0.05) is 12.1 Å². The fourth-order valence-corrected chi connectivity index (χ4v) is 1.96. The van der Waals surface area contributed by atoms with E-state index in [1.165, 1.54) is 5.56 Å². The summed E-state index contributed by atoms with van der Waals surface area (Å²) in [7, 11) is 1.60. The largest absolute Gasteiger partial charge is 0.494 e. The van der Waals surface area contributed by atoms with Crippen molar-refractivity contribution in [2.45, 2.75) is 20.8 Å². The molecule has 0 saturated carbocycles. The monoisotopic (exact) mass is 257 g/mol. The highest BCUT2D eigenvalue weighted by Crippen LogP contribution is 2.33. The zero-order valence-corrected chi connectivity index (χ0v) is 11.8. The van der Waals surface area contributed by atoms with Crippen LogP contribution in [-0.4, -0.2) is 7.11 Å². The van der Waals surface area contributed by atoms with Gasteiger partial charge in [-0.3, -0.25) is 0 Å². The van der Waals surface area contributed by atoms with Crippen LogP contribution in [0.4, 0.5) is 5.69 Å².